The van der Waals surface area contributed by atoms with Crippen molar-refractivity contribution in [2.24, 2.45) is 33.7 Å². The molecule has 15 heteroatoms. The Kier molecular flexibility index (Phi) is 17.6. The zero-order valence-electron chi connectivity index (χ0n) is 21.5. The van der Waals surface area contributed by atoms with Gasteiger partial charge in [-0.2, -0.15) is 0 Å². The highest BCUT2D eigenvalue weighted by atomic mass is 16.4. The lowest BCUT2D eigenvalue weighted by atomic mass is 10.0. The van der Waals surface area contributed by atoms with Crippen molar-refractivity contribution in [3.05, 3.63) is 0 Å². The van der Waals surface area contributed by atoms with Crippen LogP contribution in [0.1, 0.15) is 58.3 Å². The second-order valence-electron chi connectivity index (χ2n) is 8.81. The summed E-state index contributed by atoms with van der Waals surface area (Å²) in [5.41, 5.74) is 27.4. The van der Waals surface area contributed by atoms with Gasteiger partial charge in [0.25, 0.3) is 0 Å². The standard InChI is InChI=1S/C22H45N9O6/c1-13(32)17(20(35)30-16(21(36)37)9-3-5-11-24)31-19(34)15(8-2-4-10-23)29-18(33)14(25)7-6-12-28-22(26)27/h13-17,32H,2-12,23-25H2,1H3,(H,29,33)(H,30,35)(H,31,34)(H,36,37)(H4,26,27,28). The van der Waals surface area contributed by atoms with E-state index in [2.05, 4.69) is 20.9 Å². The van der Waals surface area contributed by atoms with Crippen LogP contribution in [0.4, 0.5) is 0 Å². The number of nitrogens with one attached hydrogen (secondary N) is 3. The van der Waals surface area contributed by atoms with Crippen molar-refractivity contribution in [3.8, 4) is 0 Å². The Morgan fingerprint density at radius 3 is 1.81 bits per heavy atom. The zero-order chi connectivity index (χ0) is 28.4. The van der Waals surface area contributed by atoms with E-state index < -0.39 is 54.0 Å². The number of aliphatic hydroxyl groups is 1. The second kappa shape index (κ2) is 19.1. The molecule has 0 aliphatic rings. The molecule has 0 aromatic carbocycles. The third kappa shape index (κ3) is 15.0. The summed E-state index contributed by atoms with van der Waals surface area (Å²) in [6.07, 6.45) is 1.85. The number of carboxylic acids is 1. The first kappa shape index (κ1) is 34.0. The third-order valence-corrected chi connectivity index (χ3v) is 5.51. The molecule has 0 aliphatic heterocycles. The number of aliphatic imine (C=N–C) groups is 1. The van der Waals surface area contributed by atoms with Gasteiger partial charge in [-0.05, 0) is 71.4 Å². The molecule has 0 fully saturated rings. The molecular weight excluding hydrogens is 486 g/mol. The highest BCUT2D eigenvalue weighted by molar-refractivity contribution is 5.94. The van der Waals surface area contributed by atoms with Crippen molar-refractivity contribution in [2.75, 3.05) is 19.6 Å². The number of carbonyl (C=O) groups excluding carboxylic acids is 3. The van der Waals surface area contributed by atoms with Crippen LogP contribution in [-0.2, 0) is 19.2 Å². The van der Waals surface area contributed by atoms with Crippen LogP contribution in [0.5, 0.6) is 0 Å². The molecule has 0 rings (SSSR count). The lowest BCUT2D eigenvalue weighted by molar-refractivity contribution is -0.143. The van der Waals surface area contributed by atoms with Gasteiger partial charge in [0.2, 0.25) is 17.7 Å². The molecule has 0 spiro atoms. The molecule has 0 bridgehead atoms. The maximum absolute atomic E-state index is 13.0. The highest BCUT2D eigenvalue weighted by Gasteiger charge is 2.32. The van der Waals surface area contributed by atoms with Crippen LogP contribution in [0, 0.1) is 0 Å². The fraction of sp³-hybridized carbons (Fsp3) is 0.773. The number of unbranched alkanes of at least 4 members (excludes halogenated alkanes) is 2. The maximum Gasteiger partial charge on any atom is 0.326 e. The van der Waals surface area contributed by atoms with Crippen LogP contribution in [-0.4, -0.2) is 89.8 Å². The van der Waals surface area contributed by atoms with Gasteiger partial charge in [0.1, 0.15) is 18.1 Å². The summed E-state index contributed by atoms with van der Waals surface area (Å²) in [5, 5.41) is 26.9. The number of hydrogen-bond donors (Lipinski definition) is 10. The number of aliphatic hydroxyl groups excluding tert-OH is 1. The summed E-state index contributed by atoms with van der Waals surface area (Å²) in [6, 6.07) is -4.66. The van der Waals surface area contributed by atoms with Gasteiger partial charge >= 0.3 is 5.97 Å². The molecule has 0 heterocycles. The van der Waals surface area contributed by atoms with E-state index in [-0.39, 0.29) is 25.2 Å². The topological polar surface area (TPSA) is 287 Å². The minimum atomic E-state index is -1.45. The Hall–Kier alpha value is -3.01. The van der Waals surface area contributed by atoms with E-state index >= 15 is 0 Å². The largest absolute Gasteiger partial charge is 0.480 e. The van der Waals surface area contributed by atoms with E-state index in [1.807, 2.05) is 0 Å². The Morgan fingerprint density at radius 2 is 1.32 bits per heavy atom. The first-order valence-electron chi connectivity index (χ1n) is 12.5. The number of aliphatic carboxylic acids is 1. The van der Waals surface area contributed by atoms with Crippen molar-refractivity contribution in [2.45, 2.75) is 88.6 Å². The molecule has 15 nitrogen and oxygen atoms in total. The summed E-state index contributed by atoms with van der Waals surface area (Å²) in [7, 11) is 0. The first-order chi connectivity index (χ1) is 17.4. The normalized spacial score (nSPS) is 14.9. The minimum Gasteiger partial charge on any atom is -0.480 e. The van der Waals surface area contributed by atoms with Crippen LogP contribution in [0.3, 0.4) is 0 Å². The molecule has 5 unspecified atom stereocenters. The van der Waals surface area contributed by atoms with Crippen LogP contribution < -0.4 is 44.6 Å². The number of nitrogens with two attached hydrogens (primary N) is 5. The van der Waals surface area contributed by atoms with Crippen LogP contribution in [0.15, 0.2) is 4.99 Å². The average Bonchev–Trinajstić information content (AvgIpc) is 2.83. The summed E-state index contributed by atoms with van der Waals surface area (Å²) in [6.45, 7) is 2.33. The fourth-order valence-corrected chi connectivity index (χ4v) is 3.36. The summed E-state index contributed by atoms with van der Waals surface area (Å²) in [4.78, 5) is 53.7. The number of guanidine groups is 1. The number of hydrogen-bond acceptors (Lipinski definition) is 9. The molecule has 5 atom stereocenters. The zero-order valence-corrected chi connectivity index (χ0v) is 21.5. The molecule has 0 aromatic rings. The van der Waals surface area contributed by atoms with E-state index in [4.69, 9.17) is 28.7 Å². The SMILES string of the molecule is CC(O)C(NC(=O)C(CCCCN)NC(=O)C(N)CCCN=C(N)N)C(=O)NC(CCCCN)C(=O)O. The number of amides is 3. The molecule has 15 N–H and O–H groups in total. The number of carbonyl (C=O) groups is 4. The van der Waals surface area contributed by atoms with Crippen LogP contribution in [0.25, 0.3) is 0 Å². The molecule has 3 amide bonds. The molecule has 0 aromatic heterocycles. The van der Waals surface area contributed by atoms with Crippen molar-refractivity contribution >= 4 is 29.7 Å². The van der Waals surface area contributed by atoms with Gasteiger partial charge in [-0.15, -0.1) is 0 Å². The Bertz CT molecular complexity index is 746. The summed E-state index contributed by atoms with van der Waals surface area (Å²) in [5.74, 6) is -3.50. The lowest BCUT2D eigenvalue weighted by Gasteiger charge is -2.26. The number of rotatable bonds is 20. The molecule has 0 radical (unpaired) electrons. The third-order valence-electron chi connectivity index (χ3n) is 5.51. The van der Waals surface area contributed by atoms with Gasteiger partial charge in [-0.1, -0.05) is 0 Å². The lowest BCUT2D eigenvalue weighted by Crippen LogP contribution is -2.59. The van der Waals surface area contributed by atoms with Gasteiger partial charge in [0.15, 0.2) is 5.96 Å². The number of carboxylic acid groups (broad SMARTS) is 1. The fourth-order valence-electron chi connectivity index (χ4n) is 3.36. The van der Waals surface area contributed by atoms with Crippen LogP contribution in [0.2, 0.25) is 0 Å². The quantitative estimate of drug-likeness (QED) is 0.0418. The van der Waals surface area contributed by atoms with E-state index in [0.717, 1.165) is 0 Å². The van der Waals surface area contributed by atoms with Gasteiger partial charge in [0.05, 0.1) is 12.1 Å². The van der Waals surface area contributed by atoms with Gasteiger partial charge < -0.3 is 54.8 Å². The first-order valence-corrected chi connectivity index (χ1v) is 12.5. The molecule has 0 saturated carbocycles. The van der Waals surface area contributed by atoms with Gasteiger partial charge in [-0.3, -0.25) is 19.4 Å². The van der Waals surface area contributed by atoms with E-state index in [9.17, 15) is 29.4 Å². The summed E-state index contributed by atoms with van der Waals surface area (Å²) >= 11 is 0. The predicted molar refractivity (Wildman–Crippen MR) is 139 cm³/mol. The predicted octanol–water partition coefficient (Wildman–Crippen LogP) is -3.45. The van der Waals surface area contributed by atoms with Crippen molar-refractivity contribution in [3.63, 3.8) is 0 Å². The minimum absolute atomic E-state index is 0.0726. The van der Waals surface area contributed by atoms with E-state index in [1.165, 1.54) is 6.92 Å². The summed E-state index contributed by atoms with van der Waals surface area (Å²) < 4.78 is 0. The van der Waals surface area contributed by atoms with Crippen molar-refractivity contribution in [1.82, 2.24) is 16.0 Å². The van der Waals surface area contributed by atoms with E-state index in [0.29, 0.717) is 51.7 Å². The average molecular weight is 532 g/mol. The Balaban J connectivity index is 5.32. The highest BCUT2D eigenvalue weighted by Crippen LogP contribution is 2.06. The number of nitrogens with zero attached hydrogens (tertiary/aromatic N) is 1. The molecular formula is C22H45N9O6. The molecule has 0 saturated heterocycles. The molecule has 37 heavy (non-hydrogen) atoms. The van der Waals surface area contributed by atoms with Crippen LogP contribution >= 0.6 is 0 Å². The smallest absolute Gasteiger partial charge is 0.326 e. The molecule has 214 valence electrons. The van der Waals surface area contributed by atoms with E-state index in [1.54, 1.807) is 0 Å². The maximum atomic E-state index is 13.0. The van der Waals surface area contributed by atoms with Crippen molar-refractivity contribution in [1.29, 1.82) is 0 Å². The Morgan fingerprint density at radius 1 is 0.784 bits per heavy atom. The van der Waals surface area contributed by atoms with Gasteiger partial charge in [0, 0.05) is 6.54 Å². The monoisotopic (exact) mass is 531 g/mol. The van der Waals surface area contributed by atoms with Crippen molar-refractivity contribution < 1.29 is 29.4 Å². The van der Waals surface area contributed by atoms with Gasteiger partial charge in [-0.25, -0.2) is 4.79 Å². The Labute approximate surface area is 217 Å². The second-order valence-corrected chi connectivity index (χ2v) is 8.81. The molecule has 0 aliphatic carbocycles.